The monoisotopic (exact) mass is 336 g/mol. The third-order valence-electron chi connectivity index (χ3n) is 4.77. The highest BCUT2D eigenvalue weighted by Gasteiger charge is 2.38. The summed E-state index contributed by atoms with van der Waals surface area (Å²) in [6.07, 6.45) is 4.24. The number of methoxy groups -OCH3 is 1. The molecule has 1 fully saturated rings. The number of para-hydroxylation sites is 1. The maximum Gasteiger partial charge on any atom is 0.255 e. The summed E-state index contributed by atoms with van der Waals surface area (Å²) < 4.78 is 5.52. The van der Waals surface area contributed by atoms with Gasteiger partial charge in [0, 0.05) is 43.5 Å². The number of rotatable bonds is 3. The molecule has 1 aromatic carbocycles. The van der Waals surface area contributed by atoms with Crippen molar-refractivity contribution in [1.82, 2.24) is 19.9 Å². The lowest BCUT2D eigenvalue weighted by Crippen LogP contribution is -2.32. The van der Waals surface area contributed by atoms with Gasteiger partial charge >= 0.3 is 0 Å². The first-order valence-corrected chi connectivity index (χ1v) is 8.37. The van der Waals surface area contributed by atoms with E-state index in [1.807, 2.05) is 42.2 Å². The number of imidazole rings is 1. The average Bonchev–Trinajstić information content (AvgIpc) is 3.29. The third kappa shape index (κ3) is 2.78. The predicted molar refractivity (Wildman–Crippen MR) is 94.3 cm³/mol. The Morgan fingerprint density at radius 1 is 1.36 bits per heavy atom. The Labute approximate surface area is 145 Å². The van der Waals surface area contributed by atoms with E-state index in [2.05, 4.69) is 15.0 Å². The van der Waals surface area contributed by atoms with Gasteiger partial charge in [-0.15, -0.1) is 0 Å². The van der Waals surface area contributed by atoms with Crippen LogP contribution in [0.2, 0.25) is 0 Å². The van der Waals surface area contributed by atoms with Crippen LogP contribution in [0.3, 0.4) is 0 Å². The quantitative estimate of drug-likeness (QED) is 0.798. The van der Waals surface area contributed by atoms with Crippen LogP contribution in [0, 0.1) is 6.92 Å². The molecule has 2 aromatic heterocycles. The summed E-state index contributed by atoms with van der Waals surface area (Å²) in [6.45, 7) is 2.46. The van der Waals surface area contributed by atoms with Crippen molar-refractivity contribution in [2.24, 2.45) is 0 Å². The van der Waals surface area contributed by atoms with Crippen molar-refractivity contribution >= 4 is 16.8 Å². The second kappa shape index (κ2) is 6.29. The van der Waals surface area contributed by atoms with Crippen molar-refractivity contribution in [2.75, 3.05) is 13.7 Å². The zero-order valence-corrected chi connectivity index (χ0v) is 14.3. The maximum atomic E-state index is 13.4. The molecule has 2 atom stereocenters. The summed E-state index contributed by atoms with van der Waals surface area (Å²) in [5.74, 6) is 0.783. The first-order chi connectivity index (χ1) is 12.2. The highest BCUT2D eigenvalue weighted by atomic mass is 16.5. The number of benzene rings is 1. The molecule has 1 amide bonds. The molecule has 1 aliphatic rings. The van der Waals surface area contributed by atoms with Crippen LogP contribution >= 0.6 is 0 Å². The van der Waals surface area contributed by atoms with E-state index in [1.54, 1.807) is 19.5 Å². The van der Waals surface area contributed by atoms with Gasteiger partial charge in [-0.25, -0.2) is 4.98 Å². The fraction of sp³-hybridized carbons (Fsp3) is 0.316. The Morgan fingerprint density at radius 2 is 2.20 bits per heavy atom. The van der Waals surface area contributed by atoms with Crippen LogP contribution in [0.25, 0.3) is 10.9 Å². The second-order valence-electron chi connectivity index (χ2n) is 6.37. The van der Waals surface area contributed by atoms with E-state index in [0.717, 1.165) is 28.8 Å². The van der Waals surface area contributed by atoms with Crippen molar-refractivity contribution in [1.29, 1.82) is 0 Å². The fourth-order valence-electron chi connectivity index (χ4n) is 3.55. The van der Waals surface area contributed by atoms with E-state index in [4.69, 9.17) is 4.74 Å². The van der Waals surface area contributed by atoms with Crippen LogP contribution in [-0.4, -0.2) is 45.5 Å². The van der Waals surface area contributed by atoms with E-state index in [0.29, 0.717) is 12.1 Å². The molecule has 0 spiro atoms. The van der Waals surface area contributed by atoms with Gasteiger partial charge in [-0.05, 0) is 19.1 Å². The summed E-state index contributed by atoms with van der Waals surface area (Å²) in [4.78, 5) is 27.3. The number of hydrogen-bond donors (Lipinski definition) is 1. The number of nitrogens with zero attached hydrogens (tertiary/aromatic N) is 3. The molecule has 25 heavy (non-hydrogen) atoms. The first-order valence-electron chi connectivity index (χ1n) is 8.37. The summed E-state index contributed by atoms with van der Waals surface area (Å²) >= 11 is 0. The van der Waals surface area contributed by atoms with Crippen LogP contribution in [0.15, 0.2) is 42.7 Å². The number of aromatic amines is 1. The Balaban J connectivity index is 1.77. The normalized spacial score (nSPS) is 20.3. The molecule has 0 saturated carbocycles. The van der Waals surface area contributed by atoms with Crippen LogP contribution < -0.4 is 0 Å². The number of aryl methyl sites for hydroxylation is 1. The number of ether oxygens (including phenoxy) is 1. The molecular weight excluding hydrogens is 316 g/mol. The predicted octanol–water partition coefficient (Wildman–Crippen LogP) is 2.87. The molecule has 1 unspecified atom stereocenters. The minimum atomic E-state index is -0.111. The van der Waals surface area contributed by atoms with Gasteiger partial charge in [-0.1, -0.05) is 18.2 Å². The SMILES string of the molecule is CO[C@@H]1CC(c2ncc[nH]2)N(C(=O)c2cc(C)nc3ccccc23)C1. The number of nitrogens with one attached hydrogen (secondary N) is 1. The smallest absolute Gasteiger partial charge is 0.255 e. The van der Waals surface area contributed by atoms with E-state index < -0.39 is 0 Å². The topological polar surface area (TPSA) is 71.1 Å². The number of hydrogen-bond acceptors (Lipinski definition) is 4. The van der Waals surface area contributed by atoms with Crippen molar-refractivity contribution in [3.8, 4) is 0 Å². The molecule has 1 saturated heterocycles. The number of fused-ring (bicyclic) bond motifs is 1. The molecule has 6 heteroatoms. The number of carbonyl (C=O) groups is 1. The van der Waals surface area contributed by atoms with E-state index in [-0.39, 0.29) is 18.1 Å². The lowest BCUT2D eigenvalue weighted by atomic mass is 10.1. The molecule has 0 aliphatic carbocycles. The average molecular weight is 336 g/mol. The van der Waals surface area contributed by atoms with E-state index in [9.17, 15) is 4.79 Å². The van der Waals surface area contributed by atoms with Crippen molar-refractivity contribution in [3.05, 3.63) is 59.8 Å². The van der Waals surface area contributed by atoms with Crippen molar-refractivity contribution in [3.63, 3.8) is 0 Å². The van der Waals surface area contributed by atoms with Crippen LogP contribution in [0.4, 0.5) is 0 Å². The van der Waals surface area contributed by atoms with Crippen LogP contribution in [0.5, 0.6) is 0 Å². The van der Waals surface area contributed by atoms with Crippen molar-refractivity contribution < 1.29 is 9.53 Å². The summed E-state index contributed by atoms with van der Waals surface area (Å²) in [7, 11) is 1.68. The minimum Gasteiger partial charge on any atom is -0.380 e. The number of amides is 1. The number of aromatic nitrogens is 3. The zero-order chi connectivity index (χ0) is 17.4. The van der Waals surface area contributed by atoms with Gasteiger partial charge in [0.25, 0.3) is 5.91 Å². The first kappa shape index (κ1) is 15.8. The van der Waals surface area contributed by atoms with Gasteiger partial charge in [-0.3, -0.25) is 9.78 Å². The number of H-pyrrole nitrogens is 1. The molecule has 0 bridgehead atoms. The molecule has 3 aromatic rings. The van der Waals surface area contributed by atoms with Crippen molar-refractivity contribution in [2.45, 2.75) is 25.5 Å². The lowest BCUT2D eigenvalue weighted by molar-refractivity contribution is 0.0686. The molecule has 6 nitrogen and oxygen atoms in total. The van der Waals surface area contributed by atoms with Gasteiger partial charge in [0.1, 0.15) is 5.82 Å². The fourth-order valence-corrected chi connectivity index (χ4v) is 3.55. The maximum absolute atomic E-state index is 13.4. The molecule has 3 heterocycles. The molecule has 4 rings (SSSR count). The minimum absolute atomic E-state index is 0.00764. The second-order valence-corrected chi connectivity index (χ2v) is 6.37. The van der Waals surface area contributed by atoms with Gasteiger partial charge in [0.15, 0.2) is 0 Å². The number of likely N-dealkylation sites (tertiary alicyclic amines) is 1. The Morgan fingerprint density at radius 3 is 2.96 bits per heavy atom. The largest absolute Gasteiger partial charge is 0.380 e. The highest BCUT2D eigenvalue weighted by molar-refractivity contribution is 6.06. The van der Waals surface area contributed by atoms with Gasteiger partial charge in [0.05, 0.1) is 23.2 Å². The summed E-state index contributed by atoms with van der Waals surface area (Å²) in [6, 6.07) is 9.50. The summed E-state index contributed by atoms with van der Waals surface area (Å²) in [5.41, 5.74) is 2.35. The lowest BCUT2D eigenvalue weighted by Gasteiger charge is -2.23. The zero-order valence-electron chi connectivity index (χ0n) is 14.3. The molecule has 1 N–H and O–H groups in total. The van der Waals surface area contributed by atoms with Gasteiger partial charge < -0.3 is 14.6 Å². The highest BCUT2D eigenvalue weighted by Crippen LogP contribution is 2.33. The number of carbonyl (C=O) groups excluding carboxylic acids is 1. The van der Waals surface area contributed by atoms with Crippen LogP contribution in [-0.2, 0) is 4.74 Å². The van der Waals surface area contributed by atoms with Gasteiger partial charge in [0.2, 0.25) is 0 Å². The molecular formula is C19H20N4O2. The van der Waals surface area contributed by atoms with Gasteiger partial charge in [-0.2, -0.15) is 0 Å². The Bertz CT molecular complexity index is 907. The molecule has 1 aliphatic heterocycles. The summed E-state index contributed by atoms with van der Waals surface area (Å²) in [5, 5.41) is 0.872. The standard InChI is InChI=1S/C19H20N4O2/c1-12-9-15(14-5-3-4-6-16(14)22-12)19(24)23-11-13(25-2)10-17(23)18-20-7-8-21-18/h3-9,13,17H,10-11H2,1-2H3,(H,20,21)/t13-,17?/m1/s1. The third-order valence-corrected chi connectivity index (χ3v) is 4.77. The Hall–Kier alpha value is -2.73. The molecule has 0 radical (unpaired) electrons. The Kier molecular flexibility index (Phi) is 3.97. The number of pyridine rings is 1. The van der Waals surface area contributed by atoms with E-state index in [1.165, 1.54) is 0 Å². The van der Waals surface area contributed by atoms with E-state index >= 15 is 0 Å². The van der Waals surface area contributed by atoms with Crippen LogP contribution in [0.1, 0.15) is 34.3 Å². The molecule has 128 valence electrons.